The standard InChI is InChI=1S/C19H22N2O5S/c1-12(2)8-17(23)20-15-6-4-14(5-7-15)16(22)10-26-18(24)9-21-13(3)11-27-19(21)25/h4-7,11-12H,8-10H2,1-3H3,(H,20,23). The number of hydrogen-bond donors (Lipinski definition) is 1. The number of carbonyl (C=O) groups excluding carboxylic acids is 3. The number of esters is 1. The largest absolute Gasteiger partial charge is 0.456 e. The molecule has 2 aromatic rings. The van der Waals surface area contributed by atoms with Crippen molar-refractivity contribution in [2.24, 2.45) is 5.92 Å². The van der Waals surface area contributed by atoms with Crippen LogP contribution in [0.15, 0.2) is 34.4 Å². The van der Waals surface area contributed by atoms with Crippen LogP contribution in [0.2, 0.25) is 0 Å². The molecule has 0 atom stereocenters. The molecule has 1 aromatic heterocycles. The maximum absolute atomic E-state index is 12.1. The predicted molar refractivity (Wildman–Crippen MR) is 103 cm³/mol. The van der Waals surface area contributed by atoms with Gasteiger partial charge in [0, 0.05) is 28.7 Å². The Hall–Kier alpha value is -2.74. The lowest BCUT2D eigenvalue weighted by molar-refractivity contribution is -0.143. The van der Waals surface area contributed by atoms with Crippen LogP contribution in [-0.2, 0) is 20.9 Å². The van der Waals surface area contributed by atoms with Crippen LogP contribution in [0.3, 0.4) is 0 Å². The number of carbonyl (C=O) groups is 3. The number of ketones is 1. The van der Waals surface area contributed by atoms with E-state index in [2.05, 4.69) is 5.32 Å². The molecule has 144 valence electrons. The molecule has 0 saturated carbocycles. The molecule has 0 aliphatic rings. The van der Waals surface area contributed by atoms with E-state index in [-0.39, 0.29) is 29.0 Å². The number of hydrogen-bond acceptors (Lipinski definition) is 6. The number of nitrogens with zero attached hydrogens (tertiary/aromatic N) is 1. The third-order valence-electron chi connectivity index (χ3n) is 3.71. The van der Waals surface area contributed by atoms with Crippen molar-refractivity contribution in [2.75, 3.05) is 11.9 Å². The lowest BCUT2D eigenvalue weighted by Crippen LogP contribution is -2.24. The first kappa shape index (κ1) is 20.6. The number of ether oxygens (including phenoxy) is 1. The third kappa shape index (κ3) is 6.18. The summed E-state index contributed by atoms with van der Waals surface area (Å²) >= 11 is 1.01. The first-order valence-electron chi connectivity index (χ1n) is 8.50. The van der Waals surface area contributed by atoms with Gasteiger partial charge in [0.1, 0.15) is 6.54 Å². The number of amides is 1. The molecule has 0 aliphatic heterocycles. The summed E-state index contributed by atoms with van der Waals surface area (Å²) in [6.07, 6.45) is 0.420. The van der Waals surface area contributed by atoms with E-state index in [0.717, 1.165) is 11.3 Å². The molecule has 1 N–H and O–H groups in total. The van der Waals surface area contributed by atoms with Gasteiger partial charge in [0.25, 0.3) is 0 Å². The van der Waals surface area contributed by atoms with E-state index >= 15 is 0 Å². The van der Waals surface area contributed by atoms with Crippen molar-refractivity contribution in [3.05, 3.63) is 50.6 Å². The second-order valence-corrected chi connectivity index (χ2v) is 7.36. The highest BCUT2D eigenvalue weighted by molar-refractivity contribution is 7.07. The fraction of sp³-hybridized carbons (Fsp3) is 0.368. The van der Waals surface area contributed by atoms with Crippen molar-refractivity contribution >= 4 is 34.7 Å². The first-order valence-corrected chi connectivity index (χ1v) is 9.38. The molecule has 0 spiro atoms. The number of rotatable bonds is 8. The van der Waals surface area contributed by atoms with Crippen molar-refractivity contribution in [3.8, 4) is 0 Å². The highest BCUT2D eigenvalue weighted by Crippen LogP contribution is 2.12. The van der Waals surface area contributed by atoms with Crippen LogP contribution in [0.5, 0.6) is 0 Å². The number of benzene rings is 1. The molecule has 1 aromatic carbocycles. The number of Topliss-reactive ketones (excluding diaryl/α,β-unsaturated/α-hetero) is 1. The molecule has 0 fully saturated rings. The number of anilines is 1. The molecular formula is C19H22N2O5S. The maximum Gasteiger partial charge on any atom is 0.326 e. The number of nitrogens with one attached hydrogen (secondary N) is 1. The van der Waals surface area contributed by atoms with Gasteiger partial charge in [-0.25, -0.2) is 0 Å². The Morgan fingerprint density at radius 1 is 1.19 bits per heavy atom. The molecule has 0 aliphatic carbocycles. The van der Waals surface area contributed by atoms with E-state index in [1.54, 1.807) is 36.6 Å². The molecular weight excluding hydrogens is 368 g/mol. The minimum atomic E-state index is -0.649. The second-order valence-electron chi connectivity index (χ2n) is 6.54. The zero-order chi connectivity index (χ0) is 20.0. The van der Waals surface area contributed by atoms with Crippen molar-refractivity contribution in [3.63, 3.8) is 0 Å². The quantitative estimate of drug-likeness (QED) is 0.552. The highest BCUT2D eigenvalue weighted by Gasteiger charge is 2.13. The van der Waals surface area contributed by atoms with Crippen LogP contribution in [0, 0.1) is 12.8 Å². The molecule has 0 unspecified atom stereocenters. The lowest BCUT2D eigenvalue weighted by atomic mass is 10.1. The van der Waals surface area contributed by atoms with Gasteiger partial charge in [-0.2, -0.15) is 0 Å². The molecule has 0 saturated heterocycles. The van der Waals surface area contributed by atoms with Crippen molar-refractivity contribution in [1.82, 2.24) is 4.57 Å². The van der Waals surface area contributed by atoms with Crippen LogP contribution in [-0.4, -0.2) is 28.8 Å². The van der Waals surface area contributed by atoms with Gasteiger partial charge in [-0.3, -0.25) is 23.7 Å². The van der Waals surface area contributed by atoms with E-state index in [0.29, 0.717) is 23.4 Å². The van der Waals surface area contributed by atoms with Crippen molar-refractivity contribution in [2.45, 2.75) is 33.7 Å². The molecule has 1 heterocycles. The Balaban J connectivity index is 1.86. The summed E-state index contributed by atoms with van der Waals surface area (Å²) in [6, 6.07) is 6.38. The Kier molecular flexibility index (Phi) is 7.06. The number of aromatic nitrogens is 1. The van der Waals surface area contributed by atoms with Gasteiger partial charge in [0.05, 0.1) is 0 Å². The van der Waals surface area contributed by atoms with Gasteiger partial charge < -0.3 is 10.1 Å². The predicted octanol–water partition coefficient (Wildman–Crippen LogP) is 2.63. The van der Waals surface area contributed by atoms with Crippen LogP contribution in [0.25, 0.3) is 0 Å². The molecule has 27 heavy (non-hydrogen) atoms. The molecule has 0 radical (unpaired) electrons. The van der Waals surface area contributed by atoms with Gasteiger partial charge in [-0.05, 0) is 37.1 Å². The normalized spacial score (nSPS) is 10.7. The van der Waals surface area contributed by atoms with E-state index in [1.165, 1.54) is 4.57 Å². The summed E-state index contributed by atoms with van der Waals surface area (Å²) in [6.45, 7) is 5.01. The van der Waals surface area contributed by atoms with Crippen molar-refractivity contribution < 1.29 is 19.1 Å². The molecule has 1 amide bonds. The zero-order valence-electron chi connectivity index (χ0n) is 15.5. The van der Waals surface area contributed by atoms with Gasteiger partial charge in [0.15, 0.2) is 12.4 Å². The topological polar surface area (TPSA) is 94.5 Å². The Morgan fingerprint density at radius 2 is 1.85 bits per heavy atom. The van der Waals surface area contributed by atoms with E-state index < -0.39 is 12.6 Å². The fourth-order valence-corrected chi connectivity index (χ4v) is 3.06. The molecule has 8 heteroatoms. The molecule has 0 bridgehead atoms. The molecule has 7 nitrogen and oxygen atoms in total. The summed E-state index contributed by atoms with van der Waals surface area (Å²) in [5.41, 5.74) is 1.64. The SMILES string of the molecule is Cc1csc(=O)n1CC(=O)OCC(=O)c1ccc(NC(=O)CC(C)C)cc1. The van der Waals surface area contributed by atoms with Crippen LogP contribution in [0.4, 0.5) is 5.69 Å². The minimum Gasteiger partial charge on any atom is -0.456 e. The monoisotopic (exact) mass is 390 g/mol. The summed E-state index contributed by atoms with van der Waals surface area (Å²) in [4.78, 5) is 47.0. The summed E-state index contributed by atoms with van der Waals surface area (Å²) < 4.78 is 6.26. The first-order chi connectivity index (χ1) is 12.8. The Morgan fingerprint density at radius 3 is 2.41 bits per heavy atom. The summed E-state index contributed by atoms with van der Waals surface area (Å²) in [5, 5.41) is 4.41. The smallest absolute Gasteiger partial charge is 0.326 e. The average molecular weight is 390 g/mol. The highest BCUT2D eigenvalue weighted by atomic mass is 32.1. The van der Waals surface area contributed by atoms with E-state index in [1.807, 2.05) is 13.8 Å². The zero-order valence-corrected chi connectivity index (χ0v) is 16.3. The van der Waals surface area contributed by atoms with Crippen molar-refractivity contribution in [1.29, 1.82) is 0 Å². The number of aryl methyl sites for hydroxylation is 1. The maximum atomic E-state index is 12.1. The minimum absolute atomic E-state index is 0.0861. The Labute approximate surface area is 161 Å². The van der Waals surface area contributed by atoms with Gasteiger partial charge in [-0.15, -0.1) is 0 Å². The second kappa shape index (κ2) is 9.27. The Bertz CT molecular complexity index is 880. The number of thiazole rings is 1. The van der Waals surface area contributed by atoms with Gasteiger partial charge in [-0.1, -0.05) is 25.2 Å². The van der Waals surface area contributed by atoms with E-state index in [9.17, 15) is 19.2 Å². The van der Waals surface area contributed by atoms with Gasteiger partial charge >= 0.3 is 10.8 Å². The van der Waals surface area contributed by atoms with Crippen LogP contribution >= 0.6 is 11.3 Å². The van der Waals surface area contributed by atoms with E-state index in [4.69, 9.17) is 4.74 Å². The molecule has 2 rings (SSSR count). The fourth-order valence-electron chi connectivity index (χ4n) is 2.32. The van der Waals surface area contributed by atoms with Gasteiger partial charge in [0.2, 0.25) is 5.91 Å². The van der Waals surface area contributed by atoms with Crippen LogP contribution in [0.1, 0.15) is 36.3 Å². The summed E-state index contributed by atoms with van der Waals surface area (Å²) in [5.74, 6) is -0.839. The summed E-state index contributed by atoms with van der Waals surface area (Å²) in [7, 11) is 0. The lowest BCUT2D eigenvalue weighted by Gasteiger charge is -2.08. The average Bonchev–Trinajstić information content (AvgIpc) is 2.91. The third-order valence-corrected chi connectivity index (χ3v) is 4.59. The van der Waals surface area contributed by atoms with Crippen LogP contribution < -0.4 is 10.2 Å².